The number of benzene rings is 1. The van der Waals surface area contributed by atoms with Gasteiger partial charge >= 0.3 is 5.89 Å². The van der Waals surface area contributed by atoms with Gasteiger partial charge in [-0.2, -0.15) is 0 Å². The van der Waals surface area contributed by atoms with Crippen molar-refractivity contribution in [2.45, 2.75) is 6.54 Å². The molecule has 4 nitrogen and oxygen atoms in total. The van der Waals surface area contributed by atoms with Crippen LogP contribution in [0.25, 0.3) is 33.7 Å². The Bertz CT molecular complexity index is 994. The van der Waals surface area contributed by atoms with E-state index in [1.54, 1.807) is 0 Å². The third-order valence-electron chi connectivity index (χ3n) is 4.15. The molecule has 0 atom stereocenters. The van der Waals surface area contributed by atoms with E-state index in [-0.39, 0.29) is 0 Å². The minimum Gasteiger partial charge on any atom is -0.380 e. The number of hydrogen-bond acceptors (Lipinski definition) is 2. The van der Waals surface area contributed by atoms with Crippen LogP contribution in [0.2, 0.25) is 0 Å². The smallest absolute Gasteiger partial charge is 0.380 e. The van der Waals surface area contributed by atoms with Gasteiger partial charge in [-0.25, -0.2) is 4.98 Å². The van der Waals surface area contributed by atoms with Crippen molar-refractivity contribution in [3.63, 3.8) is 0 Å². The van der Waals surface area contributed by atoms with Crippen LogP contribution in [0.1, 0.15) is 5.56 Å². The first-order valence-corrected chi connectivity index (χ1v) is 6.68. The standard InChI is InChI=1S/C16H12N3O/c1-18-14-12(7-4-8-17-14)13-16(18)20-15-11-6-3-2-5-10(11)9-19(13)15/h2-8H,9H2,1H3/q+1. The topological polar surface area (TPSA) is 34.8 Å². The molecule has 4 aromatic rings. The first kappa shape index (κ1) is 10.2. The second kappa shape index (κ2) is 3.28. The summed E-state index contributed by atoms with van der Waals surface area (Å²) in [5, 5.41) is 1.15. The Balaban J connectivity index is 1.97. The average molecular weight is 262 g/mol. The van der Waals surface area contributed by atoms with Crippen molar-refractivity contribution in [2.75, 3.05) is 0 Å². The maximum atomic E-state index is 6.14. The van der Waals surface area contributed by atoms with Crippen LogP contribution in [0.5, 0.6) is 0 Å². The number of rotatable bonds is 0. The highest BCUT2D eigenvalue weighted by atomic mass is 16.4. The van der Waals surface area contributed by atoms with Gasteiger partial charge in [-0.15, -0.1) is 4.57 Å². The van der Waals surface area contributed by atoms with E-state index in [2.05, 4.69) is 39.9 Å². The summed E-state index contributed by atoms with van der Waals surface area (Å²) in [6.45, 7) is 0.868. The maximum absolute atomic E-state index is 6.14. The maximum Gasteiger partial charge on any atom is 0.383 e. The first-order chi connectivity index (χ1) is 9.84. The number of hydrogen-bond donors (Lipinski definition) is 0. The molecule has 0 bridgehead atoms. The fourth-order valence-corrected chi connectivity index (χ4v) is 3.23. The number of pyridine rings is 1. The number of aromatic nitrogens is 3. The summed E-state index contributed by atoms with van der Waals surface area (Å²) in [5.41, 5.74) is 5.51. The molecule has 1 aromatic carbocycles. The van der Waals surface area contributed by atoms with Crippen LogP contribution in [-0.2, 0) is 13.6 Å². The molecule has 5 rings (SSSR count). The zero-order valence-electron chi connectivity index (χ0n) is 11.0. The molecule has 4 heteroatoms. The summed E-state index contributed by atoms with van der Waals surface area (Å²) in [4.78, 5) is 4.45. The lowest BCUT2D eigenvalue weighted by Crippen LogP contribution is -2.30. The summed E-state index contributed by atoms with van der Waals surface area (Å²) in [7, 11) is 2.00. The highest BCUT2D eigenvalue weighted by Gasteiger charge is 2.36. The summed E-state index contributed by atoms with van der Waals surface area (Å²) in [5.74, 6) is 0.951. The van der Waals surface area contributed by atoms with Crippen molar-refractivity contribution in [1.82, 2.24) is 9.55 Å². The minimum atomic E-state index is 0.868. The van der Waals surface area contributed by atoms with Crippen LogP contribution >= 0.6 is 0 Å². The number of fused-ring (bicyclic) bond motifs is 7. The van der Waals surface area contributed by atoms with E-state index < -0.39 is 0 Å². The molecule has 4 heterocycles. The molecular formula is C16H12N3O+. The van der Waals surface area contributed by atoms with E-state index in [4.69, 9.17) is 4.42 Å². The van der Waals surface area contributed by atoms with Crippen molar-refractivity contribution < 1.29 is 8.98 Å². The Labute approximate surface area is 114 Å². The summed E-state index contributed by atoms with van der Waals surface area (Å²) >= 11 is 0. The van der Waals surface area contributed by atoms with Crippen LogP contribution in [0.3, 0.4) is 0 Å². The third-order valence-corrected chi connectivity index (χ3v) is 4.15. The fraction of sp³-hybridized carbons (Fsp3) is 0.125. The van der Waals surface area contributed by atoms with E-state index >= 15 is 0 Å². The second-order valence-electron chi connectivity index (χ2n) is 5.24. The summed E-state index contributed by atoms with van der Waals surface area (Å²) < 4.78 is 10.4. The van der Waals surface area contributed by atoms with Crippen molar-refractivity contribution in [3.05, 3.63) is 48.2 Å². The van der Waals surface area contributed by atoms with E-state index in [1.807, 2.05) is 23.9 Å². The molecule has 0 radical (unpaired) electrons. The van der Waals surface area contributed by atoms with E-state index in [0.29, 0.717) is 0 Å². The van der Waals surface area contributed by atoms with Crippen molar-refractivity contribution in [2.24, 2.45) is 7.05 Å². The van der Waals surface area contributed by atoms with E-state index in [9.17, 15) is 0 Å². The number of nitrogens with zero attached hydrogens (tertiary/aromatic N) is 3. The molecule has 20 heavy (non-hydrogen) atoms. The predicted octanol–water partition coefficient (Wildman–Crippen LogP) is 2.64. The minimum absolute atomic E-state index is 0.868. The van der Waals surface area contributed by atoms with E-state index in [1.165, 1.54) is 11.1 Å². The zero-order valence-corrected chi connectivity index (χ0v) is 11.0. The molecule has 0 unspecified atom stereocenters. The van der Waals surface area contributed by atoms with Crippen LogP contribution in [0.4, 0.5) is 0 Å². The largest absolute Gasteiger partial charge is 0.383 e. The predicted molar refractivity (Wildman–Crippen MR) is 75.2 cm³/mol. The van der Waals surface area contributed by atoms with Crippen molar-refractivity contribution in [3.8, 4) is 11.5 Å². The van der Waals surface area contributed by atoms with Gasteiger partial charge in [0.05, 0.1) is 10.9 Å². The molecule has 96 valence electrons. The Morgan fingerprint density at radius 3 is 3.05 bits per heavy atom. The highest BCUT2D eigenvalue weighted by molar-refractivity contribution is 6.00. The molecule has 0 saturated carbocycles. The van der Waals surface area contributed by atoms with Gasteiger partial charge in [-0.1, -0.05) is 18.2 Å². The van der Waals surface area contributed by atoms with Gasteiger partial charge in [0, 0.05) is 18.8 Å². The van der Waals surface area contributed by atoms with Crippen molar-refractivity contribution in [1.29, 1.82) is 0 Å². The Morgan fingerprint density at radius 1 is 1.20 bits per heavy atom. The van der Waals surface area contributed by atoms with Gasteiger partial charge in [-0.3, -0.25) is 4.57 Å². The van der Waals surface area contributed by atoms with Crippen molar-refractivity contribution >= 4 is 22.3 Å². The molecule has 0 N–H and O–H groups in total. The molecule has 0 spiro atoms. The van der Waals surface area contributed by atoms with Gasteiger partial charge in [0.1, 0.15) is 5.65 Å². The third kappa shape index (κ3) is 1.04. The molecule has 1 aliphatic heterocycles. The Morgan fingerprint density at radius 2 is 2.10 bits per heavy atom. The monoisotopic (exact) mass is 262 g/mol. The Hall–Kier alpha value is -2.62. The van der Waals surface area contributed by atoms with Crippen LogP contribution in [-0.4, -0.2) is 9.55 Å². The quantitative estimate of drug-likeness (QED) is 0.402. The SMILES string of the molecule is Cn1c2ncccc2c2c1oc1[n+]2Cc2ccccc2-1. The molecule has 0 aliphatic carbocycles. The fourth-order valence-electron chi connectivity index (χ4n) is 3.23. The molecular weight excluding hydrogens is 250 g/mol. The number of oxazole rings is 1. The molecule has 1 aliphatic rings. The summed E-state index contributed by atoms with van der Waals surface area (Å²) in [6.07, 6.45) is 1.82. The van der Waals surface area contributed by atoms with E-state index in [0.717, 1.165) is 34.7 Å². The molecule has 0 saturated heterocycles. The Kier molecular flexibility index (Phi) is 1.67. The zero-order chi connectivity index (χ0) is 13.3. The highest BCUT2D eigenvalue weighted by Crippen LogP contribution is 2.34. The van der Waals surface area contributed by atoms with Gasteiger partial charge in [0.25, 0.3) is 11.2 Å². The lowest BCUT2D eigenvalue weighted by atomic mass is 10.1. The lowest BCUT2D eigenvalue weighted by Gasteiger charge is -1.92. The molecule has 0 amide bonds. The number of aryl methyl sites for hydroxylation is 1. The first-order valence-electron chi connectivity index (χ1n) is 6.68. The van der Waals surface area contributed by atoms with Crippen LogP contribution in [0.15, 0.2) is 47.0 Å². The van der Waals surface area contributed by atoms with Gasteiger partial charge in [0.2, 0.25) is 0 Å². The van der Waals surface area contributed by atoms with Gasteiger partial charge in [0.15, 0.2) is 6.54 Å². The second-order valence-corrected chi connectivity index (χ2v) is 5.24. The summed E-state index contributed by atoms with van der Waals surface area (Å²) in [6, 6.07) is 12.5. The van der Waals surface area contributed by atoms with Gasteiger partial charge in [-0.05, 0) is 18.2 Å². The molecule has 3 aromatic heterocycles. The molecule has 0 fully saturated rings. The van der Waals surface area contributed by atoms with Crippen LogP contribution in [0, 0.1) is 0 Å². The van der Waals surface area contributed by atoms with Crippen LogP contribution < -0.4 is 4.57 Å². The van der Waals surface area contributed by atoms with Gasteiger partial charge < -0.3 is 4.42 Å². The average Bonchev–Trinajstić information content (AvgIpc) is 3.09. The lowest BCUT2D eigenvalue weighted by molar-refractivity contribution is -0.648. The normalized spacial score (nSPS) is 13.1.